The van der Waals surface area contributed by atoms with Gasteiger partial charge in [0.05, 0.1) is 6.61 Å². The van der Waals surface area contributed by atoms with Gasteiger partial charge in [-0.2, -0.15) is 0 Å². The highest BCUT2D eigenvalue weighted by Gasteiger charge is 2.28. The zero-order chi connectivity index (χ0) is 13.0. The van der Waals surface area contributed by atoms with Crippen LogP contribution in [-0.4, -0.2) is 38.3 Å². The predicted molar refractivity (Wildman–Crippen MR) is 76.1 cm³/mol. The van der Waals surface area contributed by atoms with E-state index in [4.69, 9.17) is 16.3 Å². The van der Waals surface area contributed by atoms with Gasteiger partial charge in [-0.1, -0.05) is 30.7 Å². The van der Waals surface area contributed by atoms with E-state index in [1.54, 1.807) is 7.11 Å². The molecule has 18 heavy (non-hydrogen) atoms. The number of likely N-dealkylation sites (tertiary alicyclic amines) is 1. The lowest BCUT2D eigenvalue weighted by Gasteiger charge is -2.15. The van der Waals surface area contributed by atoms with Crippen LogP contribution < -0.4 is 0 Å². The van der Waals surface area contributed by atoms with Crippen molar-refractivity contribution in [3.05, 3.63) is 34.9 Å². The molecule has 0 radical (unpaired) electrons. The number of hydrogen-bond acceptors (Lipinski definition) is 2. The molecule has 1 fully saturated rings. The van der Waals surface area contributed by atoms with Gasteiger partial charge in [0.2, 0.25) is 0 Å². The van der Waals surface area contributed by atoms with Crippen molar-refractivity contribution >= 4 is 11.6 Å². The molecule has 0 N–H and O–H groups in total. The molecular formula is C15H22ClNO. The van der Waals surface area contributed by atoms with Crippen molar-refractivity contribution < 1.29 is 4.74 Å². The Balaban J connectivity index is 1.81. The van der Waals surface area contributed by atoms with Crippen LogP contribution in [0.25, 0.3) is 0 Å². The fourth-order valence-electron chi connectivity index (χ4n) is 2.74. The number of ether oxygens (including phenoxy) is 1. The molecule has 1 aromatic carbocycles. The molecule has 1 heterocycles. The molecular weight excluding hydrogens is 246 g/mol. The molecule has 3 heteroatoms. The summed E-state index contributed by atoms with van der Waals surface area (Å²) in [5.41, 5.74) is 1.32. The molecule has 0 saturated carbocycles. The smallest absolute Gasteiger partial charge is 0.0505 e. The third-order valence-corrected chi connectivity index (χ3v) is 4.07. The average Bonchev–Trinajstić information content (AvgIpc) is 2.69. The minimum absolute atomic E-state index is 0.689. The van der Waals surface area contributed by atoms with Gasteiger partial charge in [-0.3, -0.25) is 0 Å². The number of halogens is 1. The van der Waals surface area contributed by atoms with Crippen LogP contribution in [0.5, 0.6) is 0 Å². The van der Waals surface area contributed by atoms with Crippen molar-refractivity contribution in [2.45, 2.75) is 13.3 Å². The Morgan fingerprint density at radius 1 is 1.39 bits per heavy atom. The molecule has 0 aromatic heterocycles. The van der Waals surface area contributed by atoms with Gasteiger partial charge in [-0.15, -0.1) is 0 Å². The molecule has 2 nitrogen and oxygen atoms in total. The first kappa shape index (κ1) is 13.9. The zero-order valence-electron chi connectivity index (χ0n) is 11.2. The van der Waals surface area contributed by atoms with Gasteiger partial charge in [0.1, 0.15) is 0 Å². The minimum Gasteiger partial charge on any atom is -0.384 e. The third kappa shape index (κ3) is 3.71. The van der Waals surface area contributed by atoms with Crippen molar-refractivity contribution in [2.75, 3.05) is 33.4 Å². The Kier molecular flexibility index (Phi) is 5.04. The van der Waals surface area contributed by atoms with E-state index < -0.39 is 0 Å². The number of rotatable bonds is 5. The van der Waals surface area contributed by atoms with Crippen LogP contribution in [0.1, 0.15) is 12.5 Å². The Labute approximate surface area is 115 Å². The molecule has 2 unspecified atom stereocenters. The minimum atomic E-state index is 0.689. The Morgan fingerprint density at radius 3 is 2.94 bits per heavy atom. The Hall–Kier alpha value is -0.570. The van der Waals surface area contributed by atoms with Crippen LogP contribution in [-0.2, 0) is 11.2 Å². The molecule has 2 atom stereocenters. The van der Waals surface area contributed by atoms with Gasteiger partial charge in [0, 0.05) is 31.8 Å². The molecule has 0 aliphatic carbocycles. The molecule has 2 rings (SSSR count). The van der Waals surface area contributed by atoms with E-state index in [0.29, 0.717) is 5.92 Å². The molecule has 0 amide bonds. The normalized spacial score (nSPS) is 24.6. The van der Waals surface area contributed by atoms with Crippen molar-refractivity contribution in [1.82, 2.24) is 4.90 Å². The molecule has 1 aromatic rings. The van der Waals surface area contributed by atoms with Gasteiger partial charge in [-0.25, -0.2) is 0 Å². The van der Waals surface area contributed by atoms with Crippen LogP contribution in [0, 0.1) is 11.8 Å². The molecule has 0 bridgehead atoms. The third-order valence-electron chi connectivity index (χ3n) is 3.83. The first-order chi connectivity index (χ1) is 8.69. The maximum Gasteiger partial charge on any atom is 0.0505 e. The van der Waals surface area contributed by atoms with Gasteiger partial charge < -0.3 is 9.64 Å². The van der Waals surface area contributed by atoms with E-state index in [1.165, 1.54) is 12.1 Å². The quantitative estimate of drug-likeness (QED) is 0.813. The van der Waals surface area contributed by atoms with Crippen LogP contribution in [0.4, 0.5) is 0 Å². The molecule has 1 aliphatic heterocycles. The fraction of sp³-hybridized carbons (Fsp3) is 0.600. The highest BCUT2D eigenvalue weighted by Crippen LogP contribution is 2.23. The highest BCUT2D eigenvalue weighted by molar-refractivity contribution is 6.30. The zero-order valence-corrected chi connectivity index (χ0v) is 12.0. The van der Waals surface area contributed by atoms with E-state index in [1.807, 2.05) is 12.1 Å². The lowest BCUT2D eigenvalue weighted by molar-refractivity contribution is 0.140. The topological polar surface area (TPSA) is 12.5 Å². The van der Waals surface area contributed by atoms with Gasteiger partial charge >= 0.3 is 0 Å². The maximum absolute atomic E-state index is 6.00. The number of hydrogen-bond donors (Lipinski definition) is 0. The van der Waals surface area contributed by atoms with Crippen LogP contribution >= 0.6 is 11.6 Å². The first-order valence-corrected chi connectivity index (χ1v) is 7.02. The SMILES string of the molecule is COCC1CN(CCc2cccc(Cl)c2)CC1C. The van der Waals surface area contributed by atoms with Crippen LogP contribution in [0.3, 0.4) is 0 Å². The standard InChI is InChI=1S/C15H22ClNO/c1-12-9-17(10-14(12)11-18-2)7-6-13-4-3-5-15(16)8-13/h3-5,8,12,14H,6-7,9-11H2,1-2H3. The summed E-state index contributed by atoms with van der Waals surface area (Å²) in [5.74, 6) is 1.43. The monoisotopic (exact) mass is 267 g/mol. The summed E-state index contributed by atoms with van der Waals surface area (Å²) >= 11 is 6.00. The molecule has 100 valence electrons. The van der Waals surface area contributed by atoms with E-state index in [-0.39, 0.29) is 0 Å². The van der Waals surface area contributed by atoms with Gasteiger partial charge in [-0.05, 0) is 36.0 Å². The first-order valence-electron chi connectivity index (χ1n) is 6.64. The molecule has 1 saturated heterocycles. The van der Waals surface area contributed by atoms with Gasteiger partial charge in [0.25, 0.3) is 0 Å². The van der Waals surface area contributed by atoms with E-state index in [9.17, 15) is 0 Å². The summed E-state index contributed by atoms with van der Waals surface area (Å²) in [7, 11) is 1.79. The summed E-state index contributed by atoms with van der Waals surface area (Å²) in [4.78, 5) is 2.54. The molecule has 0 spiro atoms. The van der Waals surface area contributed by atoms with Crippen molar-refractivity contribution in [2.24, 2.45) is 11.8 Å². The summed E-state index contributed by atoms with van der Waals surface area (Å²) in [6.45, 7) is 6.67. The van der Waals surface area contributed by atoms with Crippen LogP contribution in [0.15, 0.2) is 24.3 Å². The summed E-state index contributed by atoms with van der Waals surface area (Å²) in [5, 5.41) is 0.833. The highest BCUT2D eigenvalue weighted by atomic mass is 35.5. The van der Waals surface area contributed by atoms with Crippen molar-refractivity contribution in [1.29, 1.82) is 0 Å². The number of benzene rings is 1. The lowest BCUT2D eigenvalue weighted by Crippen LogP contribution is -2.24. The summed E-state index contributed by atoms with van der Waals surface area (Å²) in [6.07, 6.45) is 1.08. The Bertz CT molecular complexity index is 383. The lowest BCUT2D eigenvalue weighted by atomic mass is 10.00. The fourth-order valence-corrected chi connectivity index (χ4v) is 2.95. The second-order valence-electron chi connectivity index (χ2n) is 5.33. The van der Waals surface area contributed by atoms with E-state index >= 15 is 0 Å². The second kappa shape index (κ2) is 6.55. The summed E-state index contributed by atoms with van der Waals surface area (Å²) < 4.78 is 5.28. The number of nitrogens with zero attached hydrogens (tertiary/aromatic N) is 1. The van der Waals surface area contributed by atoms with Gasteiger partial charge in [0.15, 0.2) is 0 Å². The average molecular weight is 268 g/mol. The Morgan fingerprint density at radius 2 is 2.22 bits per heavy atom. The van der Waals surface area contributed by atoms with Crippen molar-refractivity contribution in [3.8, 4) is 0 Å². The van der Waals surface area contributed by atoms with E-state index in [0.717, 1.165) is 37.1 Å². The predicted octanol–water partition coefficient (Wildman–Crippen LogP) is 3.10. The molecule has 1 aliphatic rings. The second-order valence-corrected chi connectivity index (χ2v) is 5.77. The summed E-state index contributed by atoms with van der Waals surface area (Å²) in [6, 6.07) is 8.17. The number of methoxy groups -OCH3 is 1. The van der Waals surface area contributed by atoms with Crippen molar-refractivity contribution in [3.63, 3.8) is 0 Å². The largest absolute Gasteiger partial charge is 0.384 e. The maximum atomic E-state index is 6.00. The van der Waals surface area contributed by atoms with Crippen LogP contribution in [0.2, 0.25) is 5.02 Å². The van der Waals surface area contributed by atoms with E-state index in [2.05, 4.69) is 24.0 Å².